The number of anilines is 2. The molecule has 1 aromatic carbocycles. The van der Waals surface area contributed by atoms with Gasteiger partial charge in [-0.15, -0.1) is 5.10 Å². The van der Waals surface area contributed by atoms with Gasteiger partial charge in [0.05, 0.1) is 0 Å². The van der Waals surface area contributed by atoms with Crippen LogP contribution in [0.2, 0.25) is 5.02 Å². The quantitative estimate of drug-likeness (QED) is 0.600. The van der Waals surface area contributed by atoms with E-state index in [1.165, 1.54) is 22.0 Å². The van der Waals surface area contributed by atoms with Gasteiger partial charge in [-0.2, -0.15) is 4.52 Å². The average Bonchev–Trinajstić information content (AvgIpc) is 3.45. The fraction of sp³-hybridized carbons (Fsp3) is 0.429. The molecule has 0 spiro atoms. The zero-order valence-corrected chi connectivity index (χ0v) is 18.8. The number of aromatic nitrogens is 3. The molecule has 4 heterocycles. The van der Waals surface area contributed by atoms with Crippen LogP contribution in [0.4, 0.5) is 10.8 Å². The third-order valence-electron chi connectivity index (χ3n) is 5.96. The molecule has 0 atom stereocenters. The van der Waals surface area contributed by atoms with Crippen LogP contribution < -0.4 is 15.4 Å². The highest BCUT2D eigenvalue weighted by Gasteiger charge is 2.27. The number of carbonyl (C=O) groups is 1. The van der Waals surface area contributed by atoms with Crippen molar-refractivity contribution in [3.8, 4) is 0 Å². The maximum absolute atomic E-state index is 13.1. The highest BCUT2D eigenvalue weighted by Crippen LogP contribution is 2.26. The van der Waals surface area contributed by atoms with Gasteiger partial charge in [-0.1, -0.05) is 29.0 Å². The van der Waals surface area contributed by atoms with Gasteiger partial charge in [0.1, 0.15) is 5.56 Å². The molecule has 0 saturated carbocycles. The summed E-state index contributed by atoms with van der Waals surface area (Å²) in [6.07, 6.45) is 3.66. The van der Waals surface area contributed by atoms with E-state index in [1.807, 2.05) is 18.2 Å². The fourth-order valence-corrected chi connectivity index (χ4v) is 5.28. The molecule has 0 N–H and O–H groups in total. The Morgan fingerprint density at radius 2 is 1.81 bits per heavy atom. The van der Waals surface area contributed by atoms with Crippen molar-refractivity contribution in [2.45, 2.75) is 19.8 Å². The van der Waals surface area contributed by atoms with E-state index in [0.717, 1.165) is 42.3 Å². The topological polar surface area (TPSA) is 74.1 Å². The molecular weight excluding hydrogens is 436 g/mol. The van der Waals surface area contributed by atoms with Crippen molar-refractivity contribution in [2.75, 3.05) is 49.1 Å². The van der Waals surface area contributed by atoms with Crippen LogP contribution in [0.5, 0.6) is 0 Å². The number of aryl methyl sites for hydroxylation is 1. The molecule has 2 fully saturated rings. The lowest BCUT2D eigenvalue weighted by Gasteiger charge is -2.36. The summed E-state index contributed by atoms with van der Waals surface area (Å²) in [7, 11) is 0. The van der Waals surface area contributed by atoms with Crippen molar-refractivity contribution in [1.29, 1.82) is 0 Å². The number of carbonyl (C=O) groups excluding carboxylic acids is 1. The largest absolute Gasteiger partial charge is 0.368 e. The van der Waals surface area contributed by atoms with Crippen molar-refractivity contribution < 1.29 is 4.79 Å². The lowest BCUT2D eigenvalue weighted by Crippen LogP contribution is -2.50. The van der Waals surface area contributed by atoms with Gasteiger partial charge in [0.25, 0.3) is 11.5 Å². The highest BCUT2D eigenvalue weighted by atomic mass is 35.5. The molecular formula is C21H23ClN6O2S. The number of benzene rings is 1. The van der Waals surface area contributed by atoms with Crippen LogP contribution in [0.15, 0.2) is 29.2 Å². The normalized spacial score (nSPS) is 17.0. The van der Waals surface area contributed by atoms with Crippen molar-refractivity contribution in [3.63, 3.8) is 0 Å². The molecule has 2 aromatic heterocycles. The smallest absolute Gasteiger partial charge is 0.288 e. The Bertz CT molecular complexity index is 1190. The van der Waals surface area contributed by atoms with Gasteiger partial charge in [-0.25, -0.2) is 4.98 Å². The Kier molecular flexibility index (Phi) is 5.31. The molecule has 1 amide bonds. The summed E-state index contributed by atoms with van der Waals surface area (Å²) in [5.74, 6) is -0.287. The van der Waals surface area contributed by atoms with Gasteiger partial charge in [0.15, 0.2) is 0 Å². The average molecular weight is 459 g/mol. The number of hydrogen-bond acceptors (Lipinski definition) is 7. The van der Waals surface area contributed by atoms with Gasteiger partial charge in [-0.3, -0.25) is 9.59 Å². The molecule has 3 aromatic rings. The van der Waals surface area contributed by atoms with E-state index >= 15 is 0 Å². The standard InChI is InChI=1S/C21H23ClN6O2S/c1-14-4-5-15(22)12-17(14)25-8-10-26(11-9-25)18(29)16-13-23-20-28(19(16)30)24-21(31-20)27-6-2-3-7-27/h4-5,12-13H,2-3,6-11H2,1H3. The summed E-state index contributed by atoms with van der Waals surface area (Å²) >= 11 is 7.55. The number of piperazine rings is 1. The first-order chi connectivity index (χ1) is 15.0. The number of halogens is 1. The monoisotopic (exact) mass is 458 g/mol. The summed E-state index contributed by atoms with van der Waals surface area (Å²) in [5.41, 5.74) is 1.90. The van der Waals surface area contributed by atoms with Crippen LogP contribution in [0, 0.1) is 6.92 Å². The third kappa shape index (κ3) is 3.76. The van der Waals surface area contributed by atoms with Crippen LogP contribution in [0.25, 0.3) is 4.96 Å². The zero-order valence-electron chi connectivity index (χ0n) is 17.3. The Labute approximate surface area is 188 Å². The molecule has 8 nitrogen and oxygen atoms in total. The maximum atomic E-state index is 13.1. The van der Waals surface area contributed by atoms with Crippen molar-refractivity contribution in [1.82, 2.24) is 19.5 Å². The van der Waals surface area contributed by atoms with Gasteiger partial charge in [0, 0.05) is 56.2 Å². The van der Waals surface area contributed by atoms with E-state index in [0.29, 0.717) is 36.2 Å². The summed E-state index contributed by atoms with van der Waals surface area (Å²) < 4.78 is 1.27. The summed E-state index contributed by atoms with van der Waals surface area (Å²) in [5, 5.41) is 5.93. The molecule has 31 heavy (non-hydrogen) atoms. The Morgan fingerprint density at radius 3 is 2.55 bits per heavy atom. The van der Waals surface area contributed by atoms with Crippen molar-refractivity contribution in [2.24, 2.45) is 0 Å². The number of fused-ring (bicyclic) bond motifs is 1. The van der Waals surface area contributed by atoms with Crippen LogP contribution in [-0.4, -0.2) is 64.7 Å². The predicted octanol–water partition coefficient (Wildman–Crippen LogP) is 2.68. The minimum atomic E-state index is -0.398. The predicted molar refractivity (Wildman–Crippen MR) is 123 cm³/mol. The van der Waals surface area contributed by atoms with Gasteiger partial charge in [0.2, 0.25) is 10.1 Å². The third-order valence-corrected chi connectivity index (χ3v) is 7.18. The van der Waals surface area contributed by atoms with E-state index in [4.69, 9.17) is 11.6 Å². The van der Waals surface area contributed by atoms with Crippen LogP contribution in [-0.2, 0) is 0 Å². The van der Waals surface area contributed by atoms with Crippen LogP contribution >= 0.6 is 22.9 Å². The summed E-state index contributed by atoms with van der Waals surface area (Å²) in [6.45, 7) is 6.36. The molecule has 0 bridgehead atoms. The van der Waals surface area contributed by atoms with E-state index < -0.39 is 5.56 Å². The maximum Gasteiger partial charge on any atom is 0.288 e. The minimum Gasteiger partial charge on any atom is -0.368 e. The Morgan fingerprint density at radius 1 is 1.06 bits per heavy atom. The second-order valence-electron chi connectivity index (χ2n) is 7.96. The van der Waals surface area contributed by atoms with E-state index in [9.17, 15) is 9.59 Å². The Hall–Kier alpha value is -2.65. The molecule has 0 radical (unpaired) electrons. The number of amides is 1. The van der Waals surface area contributed by atoms with Crippen LogP contribution in [0.1, 0.15) is 28.8 Å². The number of hydrogen-bond donors (Lipinski definition) is 0. The SMILES string of the molecule is Cc1ccc(Cl)cc1N1CCN(C(=O)c2cnc3sc(N4CCCC4)nn3c2=O)CC1. The highest BCUT2D eigenvalue weighted by molar-refractivity contribution is 7.20. The second-order valence-corrected chi connectivity index (χ2v) is 9.33. The van der Waals surface area contributed by atoms with Gasteiger partial charge < -0.3 is 14.7 Å². The Balaban J connectivity index is 1.34. The lowest BCUT2D eigenvalue weighted by molar-refractivity contribution is 0.0744. The van der Waals surface area contributed by atoms with E-state index in [-0.39, 0.29) is 11.5 Å². The molecule has 2 aliphatic rings. The van der Waals surface area contributed by atoms with E-state index in [2.05, 4.69) is 26.8 Å². The first-order valence-corrected chi connectivity index (χ1v) is 11.6. The fourth-order valence-electron chi connectivity index (χ4n) is 4.20. The van der Waals surface area contributed by atoms with E-state index in [1.54, 1.807) is 4.90 Å². The van der Waals surface area contributed by atoms with Gasteiger partial charge >= 0.3 is 0 Å². The van der Waals surface area contributed by atoms with Crippen LogP contribution in [0.3, 0.4) is 0 Å². The molecule has 162 valence electrons. The summed E-state index contributed by atoms with van der Waals surface area (Å²) in [6, 6.07) is 5.84. The summed E-state index contributed by atoms with van der Waals surface area (Å²) in [4.78, 5) is 37.1. The lowest BCUT2D eigenvalue weighted by atomic mass is 10.1. The first kappa shape index (κ1) is 20.3. The zero-order chi connectivity index (χ0) is 21.5. The number of nitrogens with zero attached hydrogens (tertiary/aromatic N) is 6. The molecule has 2 saturated heterocycles. The molecule has 5 rings (SSSR count). The van der Waals surface area contributed by atoms with Gasteiger partial charge in [-0.05, 0) is 37.5 Å². The van der Waals surface area contributed by atoms with Crippen molar-refractivity contribution in [3.05, 3.63) is 50.9 Å². The molecule has 0 aliphatic carbocycles. The van der Waals surface area contributed by atoms with Crippen molar-refractivity contribution >= 4 is 44.6 Å². The minimum absolute atomic E-state index is 0.0724. The molecule has 0 unspecified atom stereocenters. The number of rotatable bonds is 3. The first-order valence-electron chi connectivity index (χ1n) is 10.5. The molecule has 10 heteroatoms. The molecule has 2 aliphatic heterocycles. The second kappa shape index (κ2) is 8.12.